The molecule has 0 atom stereocenters. The highest BCUT2D eigenvalue weighted by molar-refractivity contribution is 6.03. The van der Waals surface area contributed by atoms with Crippen molar-refractivity contribution in [3.05, 3.63) is 46.9 Å². The van der Waals surface area contributed by atoms with Crippen LogP contribution in [-0.4, -0.2) is 21.9 Å². The molecular weight excluding hydrogens is 276 g/mol. The first-order chi connectivity index (χ1) is 10.5. The average molecular weight is 296 g/mol. The molecule has 1 fully saturated rings. The van der Waals surface area contributed by atoms with E-state index in [1.54, 1.807) is 6.20 Å². The SMILES string of the molecule is Cc1cc(C)c(NC(=O)c2cnc(NC3CC3)cn2)c(C)c1. The summed E-state index contributed by atoms with van der Waals surface area (Å²) in [4.78, 5) is 20.8. The normalized spacial score (nSPS) is 13.8. The van der Waals surface area contributed by atoms with Crippen LogP contribution in [0.25, 0.3) is 0 Å². The molecule has 2 aromatic rings. The second-order valence-electron chi connectivity index (χ2n) is 5.93. The molecule has 1 saturated carbocycles. The monoisotopic (exact) mass is 296 g/mol. The minimum absolute atomic E-state index is 0.236. The van der Waals surface area contributed by atoms with E-state index in [-0.39, 0.29) is 5.91 Å². The molecule has 1 heterocycles. The Balaban J connectivity index is 1.73. The van der Waals surface area contributed by atoms with Crippen molar-refractivity contribution in [1.82, 2.24) is 9.97 Å². The molecule has 5 heteroatoms. The number of anilines is 2. The number of nitrogens with one attached hydrogen (secondary N) is 2. The number of aryl methyl sites for hydroxylation is 3. The van der Waals surface area contributed by atoms with Gasteiger partial charge in [-0.2, -0.15) is 0 Å². The van der Waals surface area contributed by atoms with Crippen LogP contribution in [-0.2, 0) is 0 Å². The van der Waals surface area contributed by atoms with Crippen LogP contribution in [0.4, 0.5) is 11.5 Å². The summed E-state index contributed by atoms with van der Waals surface area (Å²) in [6, 6.07) is 4.63. The Morgan fingerprint density at radius 1 is 1.09 bits per heavy atom. The van der Waals surface area contributed by atoms with Crippen LogP contribution in [0, 0.1) is 20.8 Å². The summed E-state index contributed by atoms with van der Waals surface area (Å²) in [7, 11) is 0. The predicted octanol–water partition coefficient (Wildman–Crippen LogP) is 3.23. The fraction of sp³-hybridized carbons (Fsp3) is 0.353. The number of benzene rings is 1. The summed E-state index contributed by atoms with van der Waals surface area (Å²) in [5.74, 6) is 0.488. The highest BCUT2D eigenvalue weighted by Crippen LogP contribution is 2.24. The van der Waals surface area contributed by atoms with Crippen molar-refractivity contribution in [2.45, 2.75) is 39.7 Å². The second-order valence-corrected chi connectivity index (χ2v) is 5.93. The van der Waals surface area contributed by atoms with Gasteiger partial charge in [-0.05, 0) is 44.7 Å². The van der Waals surface area contributed by atoms with Gasteiger partial charge >= 0.3 is 0 Å². The number of rotatable bonds is 4. The van der Waals surface area contributed by atoms with Gasteiger partial charge < -0.3 is 10.6 Å². The lowest BCUT2D eigenvalue weighted by atomic mass is 10.1. The summed E-state index contributed by atoms with van der Waals surface area (Å²) in [5, 5.41) is 6.18. The van der Waals surface area contributed by atoms with Gasteiger partial charge in [-0.1, -0.05) is 17.7 Å². The largest absolute Gasteiger partial charge is 0.366 e. The third-order valence-corrected chi connectivity index (χ3v) is 3.73. The Labute approximate surface area is 130 Å². The number of hydrogen-bond donors (Lipinski definition) is 2. The van der Waals surface area contributed by atoms with E-state index >= 15 is 0 Å². The van der Waals surface area contributed by atoms with E-state index in [0.29, 0.717) is 11.7 Å². The number of hydrogen-bond acceptors (Lipinski definition) is 4. The topological polar surface area (TPSA) is 66.9 Å². The molecule has 1 aliphatic carbocycles. The van der Waals surface area contributed by atoms with Crippen LogP contribution in [0.5, 0.6) is 0 Å². The Hall–Kier alpha value is -2.43. The van der Waals surface area contributed by atoms with E-state index in [2.05, 4.69) is 32.7 Å². The van der Waals surface area contributed by atoms with Gasteiger partial charge in [0.25, 0.3) is 5.91 Å². The summed E-state index contributed by atoms with van der Waals surface area (Å²) < 4.78 is 0. The van der Waals surface area contributed by atoms with Gasteiger partial charge in [0.05, 0.1) is 12.4 Å². The van der Waals surface area contributed by atoms with E-state index < -0.39 is 0 Å². The molecule has 114 valence electrons. The van der Waals surface area contributed by atoms with Gasteiger partial charge in [-0.15, -0.1) is 0 Å². The maximum absolute atomic E-state index is 12.3. The van der Waals surface area contributed by atoms with Crippen molar-refractivity contribution in [3.63, 3.8) is 0 Å². The van der Waals surface area contributed by atoms with Crippen molar-refractivity contribution in [3.8, 4) is 0 Å². The van der Waals surface area contributed by atoms with Gasteiger partial charge in [0.1, 0.15) is 11.5 Å². The Morgan fingerprint density at radius 3 is 2.32 bits per heavy atom. The van der Waals surface area contributed by atoms with E-state index in [9.17, 15) is 4.79 Å². The number of carbonyl (C=O) groups is 1. The highest BCUT2D eigenvalue weighted by atomic mass is 16.1. The fourth-order valence-corrected chi connectivity index (χ4v) is 2.51. The lowest BCUT2D eigenvalue weighted by Gasteiger charge is -2.12. The third-order valence-electron chi connectivity index (χ3n) is 3.73. The molecule has 3 rings (SSSR count). The van der Waals surface area contributed by atoms with Gasteiger partial charge in [-0.3, -0.25) is 4.79 Å². The number of amides is 1. The van der Waals surface area contributed by atoms with Gasteiger partial charge in [0.15, 0.2) is 0 Å². The van der Waals surface area contributed by atoms with E-state index in [1.807, 2.05) is 20.8 Å². The third kappa shape index (κ3) is 3.24. The zero-order valence-electron chi connectivity index (χ0n) is 13.1. The van der Waals surface area contributed by atoms with Gasteiger partial charge in [-0.25, -0.2) is 9.97 Å². The van der Waals surface area contributed by atoms with E-state index in [0.717, 1.165) is 22.6 Å². The maximum Gasteiger partial charge on any atom is 0.275 e. The Kier molecular flexibility index (Phi) is 3.79. The molecule has 5 nitrogen and oxygen atoms in total. The molecule has 1 aromatic heterocycles. The van der Waals surface area contributed by atoms with Crippen molar-refractivity contribution in [2.24, 2.45) is 0 Å². The van der Waals surface area contributed by atoms with Crippen molar-refractivity contribution >= 4 is 17.4 Å². The second kappa shape index (κ2) is 5.75. The standard InChI is InChI=1S/C17H20N4O/c1-10-6-11(2)16(12(3)7-10)21-17(22)14-8-19-15(9-18-14)20-13-4-5-13/h6-9,13H,4-5H2,1-3H3,(H,19,20)(H,21,22). The Bertz CT molecular complexity index is 682. The maximum atomic E-state index is 12.3. The lowest BCUT2D eigenvalue weighted by molar-refractivity contribution is 0.102. The van der Waals surface area contributed by atoms with E-state index in [4.69, 9.17) is 0 Å². The summed E-state index contributed by atoms with van der Waals surface area (Å²) in [6.45, 7) is 6.02. The quantitative estimate of drug-likeness (QED) is 0.909. The minimum Gasteiger partial charge on any atom is -0.366 e. The summed E-state index contributed by atoms with van der Waals surface area (Å²) in [6.07, 6.45) is 5.48. The zero-order valence-corrected chi connectivity index (χ0v) is 13.1. The highest BCUT2D eigenvalue weighted by Gasteiger charge is 2.21. The molecule has 0 aliphatic heterocycles. The van der Waals surface area contributed by atoms with Crippen LogP contribution in [0.2, 0.25) is 0 Å². The average Bonchev–Trinajstić information content (AvgIpc) is 3.27. The molecule has 1 amide bonds. The van der Waals surface area contributed by atoms with Crippen molar-refractivity contribution in [1.29, 1.82) is 0 Å². The van der Waals surface area contributed by atoms with Crippen LogP contribution >= 0.6 is 0 Å². The molecule has 0 bridgehead atoms. The molecule has 0 unspecified atom stereocenters. The first-order valence-corrected chi connectivity index (χ1v) is 7.50. The molecule has 1 aromatic carbocycles. The summed E-state index contributed by atoms with van der Waals surface area (Å²) >= 11 is 0. The number of aromatic nitrogens is 2. The van der Waals surface area contributed by atoms with Gasteiger partial charge in [0, 0.05) is 11.7 Å². The Morgan fingerprint density at radius 2 is 1.77 bits per heavy atom. The van der Waals surface area contributed by atoms with E-state index in [1.165, 1.54) is 24.6 Å². The first kappa shape index (κ1) is 14.5. The van der Waals surface area contributed by atoms with Crippen LogP contribution in [0.3, 0.4) is 0 Å². The number of carbonyl (C=O) groups excluding carboxylic acids is 1. The number of nitrogens with zero attached hydrogens (tertiary/aromatic N) is 2. The predicted molar refractivity (Wildman–Crippen MR) is 87.3 cm³/mol. The minimum atomic E-state index is -0.236. The van der Waals surface area contributed by atoms with Crippen molar-refractivity contribution < 1.29 is 4.79 Å². The van der Waals surface area contributed by atoms with Crippen molar-refractivity contribution in [2.75, 3.05) is 10.6 Å². The molecule has 0 spiro atoms. The first-order valence-electron chi connectivity index (χ1n) is 7.50. The molecule has 0 radical (unpaired) electrons. The molecule has 22 heavy (non-hydrogen) atoms. The lowest BCUT2D eigenvalue weighted by Crippen LogP contribution is -2.16. The molecular formula is C17H20N4O. The summed E-state index contributed by atoms with van der Waals surface area (Å²) in [5.41, 5.74) is 4.44. The van der Waals surface area contributed by atoms with Gasteiger partial charge in [0.2, 0.25) is 0 Å². The van der Waals surface area contributed by atoms with Crippen LogP contribution in [0.15, 0.2) is 24.5 Å². The smallest absolute Gasteiger partial charge is 0.275 e. The van der Waals surface area contributed by atoms with Crippen LogP contribution < -0.4 is 10.6 Å². The molecule has 1 aliphatic rings. The zero-order chi connectivity index (χ0) is 15.7. The van der Waals surface area contributed by atoms with Crippen LogP contribution in [0.1, 0.15) is 40.0 Å². The fourth-order valence-electron chi connectivity index (χ4n) is 2.51. The molecule has 2 N–H and O–H groups in total. The molecule has 0 saturated heterocycles.